The average molecular weight is 382 g/mol. The molecule has 0 spiro atoms. The number of methoxy groups -OCH3 is 1. The highest BCUT2D eigenvalue weighted by Gasteiger charge is 2.18. The Morgan fingerprint density at radius 3 is 2.62 bits per heavy atom. The van der Waals surface area contributed by atoms with E-state index >= 15 is 0 Å². The number of ether oxygens (including phenoxy) is 1. The molecule has 21 heavy (non-hydrogen) atoms. The minimum Gasteiger partial charge on any atom is -0.383 e. The van der Waals surface area contributed by atoms with Gasteiger partial charge < -0.3 is 10.1 Å². The van der Waals surface area contributed by atoms with E-state index in [0.29, 0.717) is 19.7 Å². The molecule has 0 aliphatic carbocycles. The van der Waals surface area contributed by atoms with Crippen LogP contribution in [0.5, 0.6) is 0 Å². The van der Waals surface area contributed by atoms with Crippen molar-refractivity contribution >= 4 is 31.6 Å². The molecule has 0 saturated carbocycles. The molecule has 0 aliphatic heterocycles. The van der Waals surface area contributed by atoms with Gasteiger partial charge in [-0.3, -0.25) is 10.1 Å². The van der Waals surface area contributed by atoms with Crippen LogP contribution in [0.25, 0.3) is 0 Å². The van der Waals surface area contributed by atoms with Crippen molar-refractivity contribution in [3.8, 4) is 0 Å². The molecular formula is C11H16BrN3O5S. The van der Waals surface area contributed by atoms with Crippen molar-refractivity contribution in [3.05, 3.63) is 32.8 Å². The van der Waals surface area contributed by atoms with Crippen molar-refractivity contribution in [2.24, 2.45) is 0 Å². The lowest BCUT2D eigenvalue weighted by Crippen LogP contribution is -2.33. The van der Waals surface area contributed by atoms with Gasteiger partial charge in [0.15, 0.2) is 0 Å². The topological polar surface area (TPSA) is 111 Å². The van der Waals surface area contributed by atoms with Gasteiger partial charge in [0.05, 0.1) is 20.9 Å². The molecule has 10 heteroatoms. The van der Waals surface area contributed by atoms with Crippen LogP contribution in [0.3, 0.4) is 0 Å². The Balaban J connectivity index is 2.62. The standard InChI is InChI=1S/C11H16BrN3O5S/c1-20-7-6-13-4-5-14-21(18,19)9-2-3-11(15(16)17)10(12)8-9/h2-3,8,13-14H,4-7H2,1H3. The molecule has 0 fully saturated rings. The SMILES string of the molecule is COCCNCCNS(=O)(=O)c1ccc([N+](=O)[O-])c(Br)c1. The fourth-order valence-electron chi connectivity index (χ4n) is 1.46. The second-order valence-corrected chi connectivity index (χ2v) is 6.63. The van der Waals surface area contributed by atoms with Crippen molar-refractivity contribution in [2.75, 3.05) is 33.4 Å². The van der Waals surface area contributed by atoms with Gasteiger partial charge in [0.25, 0.3) is 5.69 Å². The second kappa shape index (κ2) is 8.39. The maximum atomic E-state index is 12.0. The van der Waals surface area contributed by atoms with Gasteiger partial charge in [-0.25, -0.2) is 13.1 Å². The molecule has 1 rings (SSSR count). The normalized spacial score (nSPS) is 11.5. The first-order valence-corrected chi connectivity index (χ1v) is 8.29. The Kier molecular flexibility index (Phi) is 7.18. The van der Waals surface area contributed by atoms with Gasteiger partial charge in [0.2, 0.25) is 10.0 Å². The van der Waals surface area contributed by atoms with Crippen LogP contribution in [0.15, 0.2) is 27.6 Å². The Bertz CT molecular complexity index is 594. The molecule has 0 radical (unpaired) electrons. The summed E-state index contributed by atoms with van der Waals surface area (Å²) in [6, 6.07) is 3.55. The van der Waals surface area contributed by atoms with Gasteiger partial charge in [-0.2, -0.15) is 0 Å². The quantitative estimate of drug-likeness (QED) is 0.373. The van der Waals surface area contributed by atoms with Gasteiger partial charge in [-0.05, 0) is 28.1 Å². The van der Waals surface area contributed by atoms with Crippen LogP contribution in [-0.2, 0) is 14.8 Å². The summed E-state index contributed by atoms with van der Waals surface area (Å²) in [5.41, 5.74) is -0.185. The molecule has 1 aromatic rings. The average Bonchev–Trinajstić information content (AvgIpc) is 2.42. The number of halogens is 1. The molecule has 8 nitrogen and oxygen atoms in total. The van der Waals surface area contributed by atoms with Crippen molar-refractivity contribution in [1.29, 1.82) is 0 Å². The number of nitrogens with one attached hydrogen (secondary N) is 2. The lowest BCUT2D eigenvalue weighted by Gasteiger charge is -2.08. The number of hydrogen-bond acceptors (Lipinski definition) is 6. The highest BCUT2D eigenvalue weighted by atomic mass is 79.9. The van der Waals surface area contributed by atoms with E-state index in [1.807, 2.05) is 0 Å². The maximum Gasteiger partial charge on any atom is 0.283 e. The molecule has 0 aliphatic rings. The predicted molar refractivity (Wildman–Crippen MR) is 80.7 cm³/mol. The van der Waals surface area contributed by atoms with E-state index in [4.69, 9.17) is 4.74 Å². The molecule has 0 amide bonds. The molecule has 118 valence electrons. The third kappa shape index (κ3) is 5.67. The van der Waals surface area contributed by atoms with Crippen molar-refractivity contribution in [3.63, 3.8) is 0 Å². The van der Waals surface area contributed by atoms with E-state index in [1.165, 1.54) is 12.1 Å². The van der Waals surface area contributed by atoms with Crippen molar-refractivity contribution in [2.45, 2.75) is 4.90 Å². The van der Waals surface area contributed by atoms with E-state index in [-0.39, 0.29) is 21.6 Å². The number of nitrogens with zero attached hydrogens (tertiary/aromatic N) is 1. The highest BCUT2D eigenvalue weighted by molar-refractivity contribution is 9.10. The number of sulfonamides is 1. The molecular weight excluding hydrogens is 366 g/mol. The highest BCUT2D eigenvalue weighted by Crippen LogP contribution is 2.27. The molecule has 0 bridgehead atoms. The van der Waals surface area contributed by atoms with Crippen molar-refractivity contribution in [1.82, 2.24) is 10.0 Å². The molecule has 0 atom stereocenters. The fourth-order valence-corrected chi connectivity index (χ4v) is 3.19. The van der Waals surface area contributed by atoms with E-state index in [9.17, 15) is 18.5 Å². The molecule has 2 N–H and O–H groups in total. The molecule has 0 unspecified atom stereocenters. The van der Waals surface area contributed by atoms with Gasteiger partial charge in [0.1, 0.15) is 0 Å². The predicted octanol–water partition coefficient (Wildman–Crippen LogP) is 0.872. The second-order valence-electron chi connectivity index (χ2n) is 4.01. The first-order chi connectivity index (χ1) is 9.88. The number of nitro benzene ring substituents is 1. The summed E-state index contributed by atoms with van der Waals surface area (Å²) < 4.78 is 31.4. The van der Waals surface area contributed by atoms with Crippen LogP contribution in [-0.4, -0.2) is 46.7 Å². The van der Waals surface area contributed by atoms with E-state index in [1.54, 1.807) is 7.11 Å². The molecule has 0 aromatic heterocycles. The third-order valence-electron chi connectivity index (χ3n) is 2.50. The van der Waals surface area contributed by atoms with Crippen molar-refractivity contribution < 1.29 is 18.1 Å². The summed E-state index contributed by atoms with van der Waals surface area (Å²) in [6.45, 7) is 1.83. The zero-order valence-electron chi connectivity index (χ0n) is 11.3. The van der Waals surface area contributed by atoms with E-state index in [0.717, 1.165) is 6.07 Å². The van der Waals surface area contributed by atoms with E-state index < -0.39 is 14.9 Å². The van der Waals surface area contributed by atoms with E-state index in [2.05, 4.69) is 26.0 Å². The lowest BCUT2D eigenvalue weighted by atomic mass is 10.3. The van der Waals surface area contributed by atoms with Gasteiger partial charge in [-0.15, -0.1) is 0 Å². The summed E-state index contributed by atoms with van der Waals surface area (Å²) in [5.74, 6) is 0. The fraction of sp³-hybridized carbons (Fsp3) is 0.455. The Hall–Kier alpha value is -1.07. The van der Waals surface area contributed by atoms with Crippen LogP contribution >= 0.6 is 15.9 Å². The zero-order chi connectivity index (χ0) is 15.9. The van der Waals surface area contributed by atoms with Crippen LogP contribution in [0, 0.1) is 10.1 Å². The monoisotopic (exact) mass is 381 g/mol. The van der Waals surface area contributed by atoms with Gasteiger partial charge in [0, 0.05) is 32.8 Å². The van der Waals surface area contributed by atoms with Gasteiger partial charge >= 0.3 is 0 Å². The zero-order valence-corrected chi connectivity index (χ0v) is 13.7. The number of hydrogen-bond donors (Lipinski definition) is 2. The third-order valence-corrected chi connectivity index (χ3v) is 4.60. The summed E-state index contributed by atoms with van der Waals surface area (Å²) in [7, 11) is -2.11. The van der Waals surface area contributed by atoms with Gasteiger partial charge in [-0.1, -0.05) is 0 Å². The molecule has 1 aromatic carbocycles. The number of nitro groups is 1. The van der Waals surface area contributed by atoms with Crippen LogP contribution in [0.2, 0.25) is 0 Å². The molecule has 0 heterocycles. The van der Waals surface area contributed by atoms with Crippen LogP contribution < -0.4 is 10.0 Å². The minimum atomic E-state index is -3.69. The summed E-state index contributed by atoms with van der Waals surface area (Å²) >= 11 is 2.99. The smallest absolute Gasteiger partial charge is 0.283 e. The molecule has 0 saturated heterocycles. The lowest BCUT2D eigenvalue weighted by molar-refractivity contribution is -0.385. The summed E-state index contributed by atoms with van der Waals surface area (Å²) in [5, 5.41) is 13.7. The number of benzene rings is 1. The summed E-state index contributed by atoms with van der Waals surface area (Å²) in [6.07, 6.45) is 0. The Morgan fingerprint density at radius 2 is 2.05 bits per heavy atom. The van der Waals surface area contributed by atoms with Crippen LogP contribution in [0.1, 0.15) is 0 Å². The number of rotatable bonds is 9. The van der Waals surface area contributed by atoms with Crippen LogP contribution in [0.4, 0.5) is 5.69 Å². The Labute approximate surface area is 131 Å². The maximum absolute atomic E-state index is 12.0. The minimum absolute atomic E-state index is 0.0307. The first-order valence-electron chi connectivity index (χ1n) is 6.01. The largest absolute Gasteiger partial charge is 0.383 e. The summed E-state index contributed by atoms with van der Waals surface area (Å²) in [4.78, 5) is 10.1. The Morgan fingerprint density at radius 1 is 1.33 bits per heavy atom. The first kappa shape index (κ1) is 18.0.